The molecule has 0 saturated carbocycles. The fourth-order valence-corrected chi connectivity index (χ4v) is 2.05. The molecule has 1 N–H and O–H groups in total. The van der Waals surface area contributed by atoms with Crippen molar-refractivity contribution in [3.05, 3.63) is 72.4 Å². The zero-order valence-electron chi connectivity index (χ0n) is 10.8. The lowest BCUT2D eigenvalue weighted by atomic mass is 10.2. The second-order valence-corrected chi connectivity index (χ2v) is 4.51. The molecular formula is C16H16N2O. The fourth-order valence-electron chi connectivity index (χ4n) is 2.05. The van der Waals surface area contributed by atoms with Gasteiger partial charge in [0.15, 0.2) is 0 Å². The molecular weight excluding hydrogens is 236 g/mol. The highest BCUT2D eigenvalue weighted by Gasteiger charge is 2.00. The Balaban J connectivity index is 1.73. The highest BCUT2D eigenvalue weighted by molar-refractivity contribution is 5.51. The van der Waals surface area contributed by atoms with E-state index < -0.39 is 0 Å². The highest BCUT2D eigenvalue weighted by Crippen LogP contribution is 2.16. The van der Waals surface area contributed by atoms with E-state index in [4.69, 9.17) is 4.42 Å². The van der Waals surface area contributed by atoms with E-state index in [0.717, 1.165) is 22.9 Å². The van der Waals surface area contributed by atoms with Crippen molar-refractivity contribution in [2.24, 2.45) is 0 Å². The van der Waals surface area contributed by atoms with Crippen LogP contribution in [-0.2, 0) is 6.54 Å². The van der Waals surface area contributed by atoms with Gasteiger partial charge in [0.1, 0.15) is 11.5 Å². The van der Waals surface area contributed by atoms with Crippen molar-refractivity contribution in [2.45, 2.75) is 13.5 Å². The number of furan rings is 1. The van der Waals surface area contributed by atoms with Crippen molar-refractivity contribution in [3.8, 4) is 5.69 Å². The maximum Gasteiger partial charge on any atom is 0.123 e. The van der Waals surface area contributed by atoms with Crippen molar-refractivity contribution in [3.63, 3.8) is 0 Å². The van der Waals surface area contributed by atoms with Crippen LogP contribution in [0.5, 0.6) is 0 Å². The molecule has 0 fully saturated rings. The molecule has 2 aromatic heterocycles. The number of aryl methyl sites for hydroxylation is 1. The van der Waals surface area contributed by atoms with Gasteiger partial charge >= 0.3 is 0 Å². The maximum absolute atomic E-state index is 5.54. The van der Waals surface area contributed by atoms with E-state index in [-0.39, 0.29) is 0 Å². The molecule has 19 heavy (non-hydrogen) atoms. The van der Waals surface area contributed by atoms with Gasteiger partial charge in [-0.1, -0.05) is 6.07 Å². The van der Waals surface area contributed by atoms with Gasteiger partial charge in [0.2, 0.25) is 0 Å². The van der Waals surface area contributed by atoms with E-state index in [1.165, 1.54) is 0 Å². The number of hydrogen-bond acceptors (Lipinski definition) is 2. The average molecular weight is 252 g/mol. The van der Waals surface area contributed by atoms with Crippen LogP contribution in [0, 0.1) is 6.92 Å². The van der Waals surface area contributed by atoms with E-state index in [2.05, 4.69) is 28.1 Å². The number of rotatable bonds is 4. The summed E-state index contributed by atoms with van der Waals surface area (Å²) in [6.07, 6.45) is 4.07. The SMILES string of the molecule is Cc1ccc(CNc2cccc(-n3cccc3)c2)o1. The van der Waals surface area contributed by atoms with Crippen molar-refractivity contribution in [2.75, 3.05) is 5.32 Å². The Morgan fingerprint density at radius 2 is 1.89 bits per heavy atom. The summed E-state index contributed by atoms with van der Waals surface area (Å²) < 4.78 is 7.63. The van der Waals surface area contributed by atoms with Gasteiger partial charge < -0.3 is 14.3 Å². The number of anilines is 1. The predicted octanol–water partition coefficient (Wildman–Crippen LogP) is 3.99. The zero-order chi connectivity index (χ0) is 13.1. The summed E-state index contributed by atoms with van der Waals surface area (Å²) in [7, 11) is 0. The Labute approximate surface area is 112 Å². The van der Waals surface area contributed by atoms with Gasteiger partial charge in [-0.05, 0) is 49.4 Å². The molecule has 3 nitrogen and oxygen atoms in total. The molecule has 3 aromatic rings. The maximum atomic E-state index is 5.54. The van der Waals surface area contributed by atoms with Crippen molar-refractivity contribution < 1.29 is 4.42 Å². The molecule has 0 aliphatic carbocycles. The average Bonchev–Trinajstić information content (AvgIpc) is 3.08. The van der Waals surface area contributed by atoms with Crippen LogP contribution >= 0.6 is 0 Å². The summed E-state index contributed by atoms with van der Waals surface area (Å²) in [4.78, 5) is 0. The molecule has 3 rings (SSSR count). The molecule has 0 radical (unpaired) electrons. The first-order valence-corrected chi connectivity index (χ1v) is 6.34. The molecule has 0 saturated heterocycles. The lowest BCUT2D eigenvalue weighted by molar-refractivity contribution is 0.490. The Kier molecular flexibility index (Phi) is 3.11. The van der Waals surface area contributed by atoms with Crippen LogP contribution < -0.4 is 5.32 Å². The van der Waals surface area contributed by atoms with Gasteiger partial charge in [-0.2, -0.15) is 0 Å². The highest BCUT2D eigenvalue weighted by atomic mass is 16.3. The van der Waals surface area contributed by atoms with Gasteiger partial charge in [-0.15, -0.1) is 0 Å². The summed E-state index contributed by atoms with van der Waals surface area (Å²) in [6, 6.07) is 16.3. The van der Waals surface area contributed by atoms with E-state index in [9.17, 15) is 0 Å². The zero-order valence-corrected chi connectivity index (χ0v) is 10.8. The van der Waals surface area contributed by atoms with E-state index in [0.29, 0.717) is 6.54 Å². The van der Waals surface area contributed by atoms with E-state index >= 15 is 0 Å². The van der Waals surface area contributed by atoms with Gasteiger partial charge in [0.05, 0.1) is 6.54 Å². The number of aromatic nitrogens is 1. The molecule has 0 amide bonds. The van der Waals surface area contributed by atoms with E-state index in [1.807, 2.05) is 49.6 Å². The lowest BCUT2D eigenvalue weighted by Gasteiger charge is -2.08. The molecule has 0 atom stereocenters. The summed E-state index contributed by atoms with van der Waals surface area (Å²) in [5, 5.41) is 3.37. The Morgan fingerprint density at radius 3 is 2.63 bits per heavy atom. The van der Waals surface area contributed by atoms with Crippen LogP contribution in [-0.4, -0.2) is 4.57 Å². The summed E-state index contributed by atoms with van der Waals surface area (Å²) in [6.45, 7) is 2.65. The minimum atomic E-state index is 0.697. The number of nitrogens with one attached hydrogen (secondary N) is 1. The Hall–Kier alpha value is -2.42. The largest absolute Gasteiger partial charge is 0.465 e. The number of hydrogen-bond donors (Lipinski definition) is 1. The standard InChI is InChI=1S/C16H16N2O/c1-13-7-8-16(19-13)12-17-14-5-4-6-15(11-14)18-9-2-3-10-18/h2-11,17H,12H2,1H3. The quantitative estimate of drug-likeness (QED) is 0.761. The molecule has 0 unspecified atom stereocenters. The molecule has 0 spiro atoms. The Bertz CT molecular complexity index is 653. The van der Waals surface area contributed by atoms with Gasteiger partial charge in [0.25, 0.3) is 0 Å². The Morgan fingerprint density at radius 1 is 1.05 bits per heavy atom. The monoisotopic (exact) mass is 252 g/mol. The van der Waals surface area contributed by atoms with Crippen LogP contribution in [0.4, 0.5) is 5.69 Å². The number of nitrogens with zero attached hydrogens (tertiary/aromatic N) is 1. The summed E-state index contributed by atoms with van der Waals surface area (Å²) >= 11 is 0. The summed E-state index contributed by atoms with van der Waals surface area (Å²) in [5.74, 6) is 1.89. The fraction of sp³-hybridized carbons (Fsp3) is 0.125. The van der Waals surface area contributed by atoms with Gasteiger partial charge in [-0.3, -0.25) is 0 Å². The van der Waals surface area contributed by atoms with Crippen LogP contribution in [0.15, 0.2) is 65.3 Å². The lowest BCUT2D eigenvalue weighted by Crippen LogP contribution is -1.99. The molecule has 96 valence electrons. The van der Waals surface area contributed by atoms with E-state index in [1.54, 1.807) is 0 Å². The third kappa shape index (κ3) is 2.71. The molecule has 0 aliphatic heterocycles. The normalized spacial score (nSPS) is 10.6. The first-order chi connectivity index (χ1) is 9.31. The topological polar surface area (TPSA) is 30.1 Å². The molecule has 1 aromatic carbocycles. The van der Waals surface area contributed by atoms with Crippen LogP contribution in [0.2, 0.25) is 0 Å². The predicted molar refractivity (Wildman–Crippen MR) is 76.5 cm³/mol. The smallest absolute Gasteiger partial charge is 0.123 e. The van der Waals surface area contributed by atoms with Crippen LogP contribution in [0.25, 0.3) is 5.69 Å². The number of benzene rings is 1. The first kappa shape index (κ1) is 11.7. The molecule has 0 aliphatic rings. The van der Waals surface area contributed by atoms with Gasteiger partial charge in [-0.25, -0.2) is 0 Å². The third-order valence-corrected chi connectivity index (χ3v) is 3.01. The second-order valence-electron chi connectivity index (χ2n) is 4.51. The summed E-state index contributed by atoms with van der Waals surface area (Å²) in [5.41, 5.74) is 2.23. The minimum Gasteiger partial charge on any atom is -0.465 e. The molecule has 3 heteroatoms. The van der Waals surface area contributed by atoms with Crippen molar-refractivity contribution in [1.29, 1.82) is 0 Å². The molecule has 0 bridgehead atoms. The van der Waals surface area contributed by atoms with Crippen molar-refractivity contribution >= 4 is 5.69 Å². The van der Waals surface area contributed by atoms with Crippen LogP contribution in [0.3, 0.4) is 0 Å². The first-order valence-electron chi connectivity index (χ1n) is 6.34. The van der Waals surface area contributed by atoms with Crippen LogP contribution in [0.1, 0.15) is 11.5 Å². The molecule has 2 heterocycles. The third-order valence-electron chi connectivity index (χ3n) is 3.01. The second kappa shape index (κ2) is 5.06. The van der Waals surface area contributed by atoms with Gasteiger partial charge in [0, 0.05) is 23.8 Å². The van der Waals surface area contributed by atoms with Crippen molar-refractivity contribution in [1.82, 2.24) is 4.57 Å². The minimum absolute atomic E-state index is 0.697.